The Morgan fingerprint density at radius 2 is 0.988 bits per heavy atom. The maximum absolute atomic E-state index is 12.1. The van der Waals surface area contributed by atoms with E-state index in [9.17, 15) is 46.9 Å². The van der Waals surface area contributed by atoms with Gasteiger partial charge in [-0.05, 0) is 219 Å². The Hall–Kier alpha value is -2.88. The highest BCUT2D eigenvalue weighted by atomic mass is 35.5. The number of halogens is 2. The molecule has 0 radical (unpaired) electrons. The number of pyridine rings is 2. The number of rotatable bonds is 15. The second-order valence-corrected chi connectivity index (χ2v) is 33.1. The number of nitrogens with zero attached hydrogens (tertiary/aromatic N) is 2. The Bertz CT molecular complexity index is 2920. The van der Waals surface area contributed by atoms with Crippen LogP contribution in [0.3, 0.4) is 0 Å². The monoisotopic (exact) mass is 1270 g/mol. The molecule has 8 saturated carbocycles. The first-order valence-corrected chi connectivity index (χ1v) is 36.3. The minimum atomic E-state index is -3.69. The first-order chi connectivity index (χ1) is 39.7. The number of sulfonamides is 2. The molecule has 480 valence electrons. The molecule has 85 heavy (non-hydrogen) atoms. The van der Waals surface area contributed by atoms with Crippen molar-refractivity contribution in [2.24, 2.45) is 110 Å². The zero-order chi connectivity index (χ0) is 62.5. The molecular weight excluding hydrogens is 1170 g/mol. The van der Waals surface area contributed by atoms with Crippen molar-refractivity contribution in [3.8, 4) is 11.8 Å². The van der Waals surface area contributed by atoms with Gasteiger partial charge in [0.05, 0.1) is 61.3 Å². The van der Waals surface area contributed by atoms with E-state index in [2.05, 4.69) is 70.5 Å². The molecule has 10 rings (SSSR count). The minimum absolute atomic E-state index is 0.0477. The van der Waals surface area contributed by atoms with Gasteiger partial charge in [0.25, 0.3) is 5.91 Å². The van der Waals surface area contributed by atoms with Gasteiger partial charge in [-0.2, -0.15) is 0 Å². The van der Waals surface area contributed by atoms with Crippen molar-refractivity contribution in [2.75, 3.05) is 25.7 Å². The van der Waals surface area contributed by atoms with Crippen molar-refractivity contribution < 1.29 is 61.4 Å². The first kappa shape index (κ1) is 68.0. The number of hydrogen-bond donors (Lipinski definition) is 7. The number of carbonyl (C=O) groups excluding carboxylic acids is 1. The van der Waals surface area contributed by atoms with E-state index >= 15 is 0 Å². The molecule has 8 aliphatic rings. The molecule has 22 atom stereocenters. The molecule has 0 spiro atoms. The van der Waals surface area contributed by atoms with Gasteiger partial charge in [0, 0.05) is 12.4 Å². The molecule has 0 unspecified atom stereocenters. The molecule has 2 aromatic heterocycles. The van der Waals surface area contributed by atoms with Gasteiger partial charge >= 0.3 is 5.97 Å². The fraction of sp³-hybridized carbons (Fsp3) is 0.812. The van der Waals surface area contributed by atoms with Gasteiger partial charge in [-0.3, -0.25) is 4.79 Å². The number of aromatic carboxylic acids is 1. The summed E-state index contributed by atoms with van der Waals surface area (Å²) in [6.07, 6.45) is 22.2. The Kier molecular flexibility index (Phi) is 21.2. The molecule has 8 aliphatic carbocycles. The van der Waals surface area contributed by atoms with E-state index in [1.807, 2.05) is 4.72 Å². The summed E-state index contributed by atoms with van der Waals surface area (Å²) in [4.78, 5) is 31.5. The van der Waals surface area contributed by atoms with E-state index in [1.165, 1.54) is 56.6 Å². The molecular formula is C64H100Cl2N4O13S2. The van der Waals surface area contributed by atoms with Crippen molar-refractivity contribution in [1.29, 1.82) is 0 Å². The molecule has 2 heterocycles. The van der Waals surface area contributed by atoms with Crippen LogP contribution >= 0.6 is 23.2 Å². The number of ether oxygens (including phenoxy) is 2. The number of aromatic nitrogens is 2. The molecule has 1 amide bonds. The number of fused-ring (bicyclic) bond motifs is 10. The molecule has 0 saturated heterocycles. The number of carboxylic acid groups (broad SMARTS) is 1. The summed E-state index contributed by atoms with van der Waals surface area (Å²) in [6, 6.07) is 2.75. The maximum atomic E-state index is 12.1. The number of amides is 1. The number of aliphatic hydroxyl groups excluding tert-OH is 4. The normalized spacial score (nSPS) is 39.9. The Labute approximate surface area is 516 Å². The zero-order valence-electron chi connectivity index (χ0n) is 51.9. The van der Waals surface area contributed by atoms with E-state index in [1.54, 1.807) is 0 Å². The van der Waals surface area contributed by atoms with Crippen LogP contribution in [0.15, 0.2) is 24.5 Å². The minimum Gasteiger partial charge on any atom is -0.478 e. The van der Waals surface area contributed by atoms with Crippen LogP contribution in [-0.4, -0.2) is 114 Å². The maximum Gasteiger partial charge on any atom is 0.337 e. The summed E-state index contributed by atoms with van der Waals surface area (Å²) in [6.45, 7) is 20.0. The SMILES string of the molecule is CC[C@H]1[C@@H](O)[C@@H]2[C@H](CC[C@]3(C)[C@@H]([C@H](C)CCOc4ncc(C(=O)NS(C)(=O)=O)cc4Cl)CC[C@@H]23)[C@@]2(C)CC[C@@H](O)C[C@@H]12.CC[C@H]1[C@@H](O)[C@@H]2[C@H](CC[C@]3(C)[C@@H]([C@H](C)CCOc4ncc(C(=O)O)cc4Cl)CC[C@@H]23)[C@@]2(C)CC[C@@H](O)C[C@@H]12.CS(N)(=O)=O. The lowest BCUT2D eigenvalue weighted by molar-refractivity contribution is -0.203. The topological polar surface area (TPSA) is 286 Å². The van der Waals surface area contributed by atoms with Crippen LogP contribution in [0.4, 0.5) is 0 Å². The lowest BCUT2D eigenvalue weighted by atomic mass is 9.41. The third-order valence-corrected chi connectivity index (χ3v) is 25.4. The van der Waals surface area contributed by atoms with Crippen molar-refractivity contribution in [3.05, 3.63) is 45.7 Å². The molecule has 0 aliphatic heterocycles. The van der Waals surface area contributed by atoms with Gasteiger partial charge < -0.3 is 35.0 Å². The van der Waals surface area contributed by atoms with Crippen LogP contribution in [-0.2, 0) is 20.0 Å². The summed E-state index contributed by atoms with van der Waals surface area (Å²) in [5, 5.41) is 58.7. The number of primary sulfonamides is 1. The molecule has 8 N–H and O–H groups in total. The second-order valence-electron chi connectivity index (χ2n) is 28.8. The van der Waals surface area contributed by atoms with Crippen molar-refractivity contribution in [3.63, 3.8) is 0 Å². The number of carbonyl (C=O) groups is 2. The molecule has 0 aromatic carbocycles. The van der Waals surface area contributed by atoms with Crippen LogP contribution < -0.4 is 19.3 Å². The highest BCUT2D eigenvalue weighted by molar-refractivity contribution is 7.89. The highest BCUT2D eigenvalue weighted by Gasteiger charge is 2.67. The van der Waals surface area contributed by atoms with Gasteiger partial charge in [-0.1, -0.05) is 91.4 Å². The fourth-order valence-electron chi connectivity index (χ4n) is 20.5. The quantitative estimate of drug-likeness (QED) is 0.0873. The number of nitrogens with two attached hydrogens (primary N) is 1. The number of hydrogen-bond acceptors (Lipinski definition) is 14. The first-order valence-electron chi connectivity index (χ1n) is 31.7. The van der Waals surface area contributed by atoms with E-state index in [-0.39, 0.29) is 90.8 Å². The lowest BCUT2D eigenvalue weighted by Gasteiger charge is -2.64. The molecule has 21 heteroatoms. The Morgan fingerprint density at radius 1 is 0.624 bits per heavy atom. The number of nitrogens with one attached hydrogen (secondary N) is 1. The largest absolute Gasteiger partial charge is 0.478 e. The van der Waals surface area contributed by atoms with Crippen molar-refractivity contribution in [2.45, 2.75) is 195 Å². The summed E-state index contributed by atoms with van der Waals surface area (Å²) >= 11 is 12.5. The van der Waals surface area contributed by atoms with Gasteiger partial charge in [0.15, 0.2) is 0 Å². The van der Waals surface area contributed by atoms with Gasteiger partial charge in [0.2, 0.25) is 31.8 Å². The van der Waals surface area contributed by atoms with Crippen LogP contribution in [0.1, 0.15) is 192 Å². The average Bonchev–Trinajstić information content (AvgIpc) is 1.71. The Balaban J connectivity index is 0.000000206. The van der Waals surface area contributed by atoms with Crippen molar-refractivity contribution >= 4 is 55.1 Å². The third-order valence-electron chi connectivity index (χ3n) is 24.3. The summed E-state index contributed by atoms with van der Waals surface area (Å²) in [5.74, 6) is 4.90. The standard InChI is InChI=1S/C32H49ClN2O6S.C31H46ClNO5.CH5NO2S/c1-6-21-25-16-20(36)9-12-32(25,4)24-10-13-31(3)22(7-8-23(31)27(24)28(21)37)18(2)11-14-41-30-26(33)15-19(17-34-30)29(38)35-42(5,39)40;1-5-20-24-15-19(34)8-11-31(24,4)23-9-12-30(3)21(6-7-22(30)26(23)27(20)35)17(2)10-13-38-28-25(32)14-18(16-33-28)29(36)37;1-5(2,3)4/h15,17-18,20-25,27-28,36-37H,6-14,16H2,1-5H3,(H,35,38);14,16-17,19-24,26-27,34-35H,5-13,15H2,1-4H3,(H,36,37);1H3,(H2,2,3,4)/t18-,20-,21-,22-,23+,24+,25+,27+,28-,31-,32-;17-,19-,20-,21-,22+,23+,24+,26+,27-,30-,31-;/m11./s1. The second kappa shape index (κ2) is 26.5. The number of carboxylic acids is 1. The summed E-state index contributed by atoms with van der Waals surface area (Å²) < 4.78 is 55.3. The van der Waals surface area contributed by atoms with Crippen LogP contribution in [0.2, 0.25) is 10.0 Å². The fourth-order valence-corrected chi connectivity index (χ4v) is 21.4. The lowest BCUT2D eigenvalue weighted by Crippen LogP contribution is -2.62. The smallest absolute Gasteiger partial charge is 0.337 e. The van der Waals surface area contributed by atoms with Gasteiger partial charge in [0.1, 0.15) is 10.0 Å². The molecule has 8 fully saturated rings. The van der Waals surface area contributed by atoms with E-state index in [0.29, 0.717) is 84.2 Å². The van der Waals surface area contributed by atoms with Gasteiger partial charge in [-0.25, -0.2) is 41.5 Å². The average molecular weight is 1270 g/mol. The molecule has 0 bridgehead atoms. The number of aliphatic hydroxyl groups is 4. The highest BCUT2D eigenvalue weighted by Crippen LogP contribution is 2.71. The van der Waals surface area contributed by atoms with E-state index < -0.39 is 31.9 Å². The van der Waals surface area contributed by atoms with E-state index in [0.717, 1.165) is 96.0 Å². The zero-order valence-corrected chi connectivity index (χ0v) is 55.0. The predicted molar refractivity (Wildman–Crippen MR) is 329 cm³/mol. The summed E-state index contributed by atoms with van der Waals surface area (Å²) in [7, 11) is -6.86. The third kappa shape index (κ3) is 14.0. The van der Waals surface area contributed by atoms with Crippen LogP contribution in [0, 0.1) is 105 Å². The summed E-state index contributed by atoms with van der Waals surface area (Å²) in [5.41, 5.74) is 0.932. The molecule has 2 aromatic rings. The van der Waals surface area contributed by atoms with Crippen molar-refractivity contribution in [1.82, 2.24) is 14.7 Å². The predicted octanol–water partition coefficient (Wildman–Crippen LogP) is 10.8. The van der Waals surface area contributed by atoms with Crippen LogP contribution in [0.25, 0.3) is 0 Å². The van der Waals surface area contributed by atoms with Crippen LogP contribution in [0.5, 0.6) is 11.8 Å². The molecule has 17 nitrogen and oxygen atoms in total. The van der Waals surface area contributed by atoms with E-state index in [4.69, 9.17) is 37.8 Å². The van der Waals surface area contributed by atoms with Gasteiger partial charge in [-0.15, -0.1) is 0 Å². The Morgan fingerprint density at radius 3 is 1.35 bits per heavy atom.